The van der Waals surface area contributed by atoms with Crippen molar-refractivity contribution in [2.75, 3.05) is 5.32 Å². The lowest BCUT2D eigenvalue weighted by Gasteiger charge is -2.11. The highest BCUT2D eigenvalue weighted by Gasteiger charge is 2.15. The number of hydrogen-bond donors (Lipinski definition) is 1. The number of para-hydroxylation sites is 1. The van der Waals surface area contributed by atoms with Gasteiger partial charge in [-0.15, -0.1) is 0 Å². The van der Waals surface area contributed by atoms with Crippen LogP contribution >= 0.6 is 11.8 Å². The van der Waals surface area contributed by atoms with E-state index in [1.165, 1.54) is 42.6 Å². The van der Waals surface area contributed by atoms with E-state index < -0.39 is 17.2 Å². The molecule has 0 atom stereocenters. The third kappa shape index (κ3) is 3.65. The third-order valence-corrected chi connectivity index (χ3v) is 5.72. The largest absolute Gasteiger partial charge is 0.332 e. The summed E-state index contributed by atoms with van der Waals surface area (Å²) in [6.07, 6.45) is 0. The second-order valence-electron chi connectivity index (χ2n) is 6.64. The fourth-order valence-corrected chi connectivity index (χ4v) is 3.96. The summed E-state index contributed by atoms with van der Waals surface area (Å²) in [4.78, 5) is 43.5. The number of amides is 1. The van der Waals surface area contributed by atoms with Gasteiger partial charge in [-0.2, -0.15) is 0 Å². The molecular formula is C22H18N4O3S. The van der Waals surface area contributed by atoms with Crippen LogP contribution in [0.3, 0.4) is 0 Å². The summed E-state index contributed by atoms with van der Waals surface area (Å²) in [5.41, 5.74) is -0.0107. The first-order chi connectivity index (χ1) is 14.5. The maximum atomic E-state index is 12.9. The minimum atomic E-state index is -0.498. The molecule has 0 aliphatic rings. The van der Waals surface area contributed by atoms with Gasteiger partial charge in [-0.25, -0.2) is 9.78 Å². The molecule has 0 unspecified atom stereocenters. The zero-order valence-corrected chi connectivity index (χ0v) is 17.1. The van der Waals surface area contributed by atoms with Gasteiger partial charge in [-0.05, 0) is 36.4 Å². The number of aromatic nitrogens is 3. The second kappa shape index (κ2) is 8.00. The van der Waals surface area contributed by atoms with E-state index in [-0.39, 0.29) is 16.7 Å². The Kier molecular flexibility index (Phi) is 5.24. The number of carbonyl (C=O) groups excluding carboxylic acids is 1. The number of anilines is 1. The first kappa shape index (κ1) is 19.7. The molecule has 8 heteroatoms. The quantitative estimate of drug-likeness (QED) is 0.551. The minimum Gasteiger partial charge on any atom is -0.320 e. The van der Waals surface area contributed by atoms with Gasteiger partial charge >= 0.3 is 5.69 Å². The summed E-state index contributed by atoms with van der Waals surface area (Å²) < 4.78 is 2.27. The zero-order valence-electron chi connectivity index (χ0n) is 16.3. The van der Waals surface area contributed by atoms with Crippen molar-refractivity contribution in [1.29, 1.82) is 0 Å². The smallest absolute Gasteiger partial charge is 0.320 e. The van der Waals surface area contributed by atoms with Gasteiger partial charge in [0.05, 0.1) is 11.1 Å². The molecular weight excluding hydrogens is 400 g/mol. The number of fused-ring (bicyclic) bond motifs is 1. The summed E-state index contributed by atoms with van der Waals surface area (Å²) in [6.45, 7) is 0. The molecule has 0 radical (unpaired) electrons. The van der Waals surface area contributed by atoms with Crippen molar-refractivity contribution in [3.63, 3.8) is 0 Å². The Bertz CT molecular complexity index is 1380. The molecule has 0 fully saturated rings. The number of carbonyl (C=O) groups is 1. The van der Waals surface area contributed by atoms with Gasteiger partial charge in [-0.3, -0.25) is 18.7 Å². The average Bonchev–Trinajstić information content (AvgIpc) is 2.78. The highest BCUT2D eigenvalue weighted by atomic mass is 32.2. The summed E-state index contributed by atoms with van der Waals surface area (Å²) >= 11 is 1.54. The molecule has 0 saturated carbocycles. The van der Waals surface area contributed by atoms with E-state index in [1.54, 1.807) is 0 Å². The Balaban J connectivity index is 1.68. The number of nitrogens with one attached hydrogen (secondary N) is 1. The van der Waals surface area contributed by atoms with E-state index in [0.717, 1.165) is 14.4 Å². The Morgan fingerprint density at radius 2 is 1.60 bits per heavy atom. The maximum absolute atomic E-state index is 12.9. The average molecular weight is 418 g/mol. The van der Waals surface area contributed by atoms with Crippen molar-refractivity contribution in [3.8, 4) is 0 Å². The lowest BCUT2D eigenvalue weighted by molar-refractivity contribution is 0.102. The monoisotopic (exact) mass is 418 g/mol. The molecule has 0 aliphatic carbocycles. The van der Waals surface area contributed by atoms with Crippen molar-refractivity contribution < 1.29 is 4.79 Å². The van der Waals surface area contributed by atoms with Crippen LogP contribution in [0.2, 0.25) is 0 Å². The van der Waals surface area contributed by atoms with Crippen molar-refractivity contribution in [2.45, 2.75) is 9.79 Å². The fraction of sp³-hybridized carbons (Fsp3) is 0.0909. The van der Waals surface area contributed by atoms with E-state index >= 15 is 0 Å². The molecule has 2 aromatic carbocycles. The van der Waals surface area contributed by atoms with Crippen LogP contribution in [0.1, 0.15) is 10.5 Å². The van der Waals surface area contributed by atoms with E-state index in [9.17, 15) is 14.4 Å². The molecule has 150 valence electrons. The standard InChI is InChI=1S/C22H18N4O3S/c1-25-19-15(21(28)26(2)22(25)29)12-13-17(23-19)20(27)24-16-10-6-7-11-18(16)30-14-8-4-3-5-9-14/h3-13H,1-2H3,(H,24,27). The zero-order chi connectivity index (χ0) is 21.3. The molecule has 0 aliphatic heterocycles. The molecule has 0 saturated heterocycles. The number of rotatable bonds is 4. The highest BCUT2D eigenvalue weighted by molar-refractivity contribution is 7.99. The molecule has 4 rings (SSSR count). The molecule has 4 aromatic rings. The number of aryl methyl sites for hydroxylation is 1. The van der Waals surface area contributed by atoms with Crippen molar-refractivity contribution in [1.82, 2.24) is 14.1 Å². The second-order valence-corrected chi connectivity index (χ2v) is 7.75. The van der Waals surface area contributed by atoms with Crippen LogP contribution in [0.25, 0.3) is 11.0 Å². The van der Waals surface area contributed by atoms with E-state index in [4.69, 9.17) is 0 Å². The summed E-state index contributed by atoms with van der Waals surface area (Å²) in [5.74, 6) is -0.425. The number of nitrogens with zero attached hydrogens (tertiary/aromatic N) is 3. The minimum absolute atomic E-state index is 0.116. The lowest BCUT2D eigenvalue weighted by atomic mass is 10.2. The van der Waals surface area contributed by atoms with Crippen LogP contribution in [0.15, 0.2) is 86.1 Å². The Morgan fingerprint density at radius 1 is 0.900 bits per heavy atom. The molecule has 2 aromatic heterocycles. The highest BCUT2D eigenvalue weighted by Crippen LogP contribution is 2.33. The summed E-state index contributed by atoms with van der Waals surface area (Å²) in [5, 5.41) is 3.15. The normalized spacial score (nSPS) is 10.9. The SMILES string of the molecule is Cn1c(=O)c2ccc(C(=O)Nc3ccccc3Sc3ccccc3)nc2n(C)c1=O. The van der Waals surface area contributed by atoms with Crippen LogP contribution in [0.4, 0.5) is 5.69 Å². The van der Waals surface area contributed by atoms with Crippen LogP contribution in [0, 0.1) is 0 Å². The fourth-order valence-electron chi connectivity index (χ4n) is 3.04. The predicted octanol–water partition coefficient (Wildman–Crippen LogP) is 3.04. The van der Waals surface area contributed by atoms with Crippen LogP contribution in [-0.4, -0.2) is 20.0 Å². The summed E-state index contributed by atoms with van der Waals surface area (Å²) in [7, 11) is 2.93. The van der Waals surface area contributed by atoms with Crippen molar-refractivity contribution in [3.05, 3.63) is 93.3 Å². The molecule has 7 nitrogen and oxygen atoms in total. The van der Waals surface area contributed by atoms with Gasteiger partial charge in [0.1, 0.15) is 11.3 Å². The topological polar surface area (TPSA) is 86.0 Å². The number of benzene rings is 2. The lowest BCUT2D eigenvalue weighted by Crippen LogP contribution is -2.37. The van der Waals surface area contributed by atoms with Crippen molar-refractivity contribution in [2.24, 2.45) is 14.1 Å². The molecule has 1 amide bonds. The van der Waals surface area contributed by atoms with E-state index in [2.05, 4.69) is 10.3 Å². The van der Waals surface area contributed by atoms with E-state index in [0.29, 0.717) is 5.69 Å². The van der Waals surface area contributed by atoms with Gasteiger partial charge in [0.2, 0.25) is 0 Å². The van der Waals surface area contributed by atoms with Gasteiger partial charge in [0.15, 0.2) is 0 Å². The van der Waals surface area contributed by atoms with Crippen LogP contribution < -0.4 is 16.6 Å². The molecule has 1 N–H and O–H groups in total. The van der Waals surface area contributed by atoms with Gasteiger partial charge in [-0.1, -0.05) is 42.1 Å². The van der Waals surface area contributed by atoms with E-state index in [1.807, 2.05) is 54.6 Å². The predicted molar refractivity (Wildman–Crippen MR) is 117 cm³/mol. The molecule has 30 heavy (non-hydrogen) atoms. The van der Waals surface area contributed by atoms with Crippen LogP contribution in [0.5, 0.6) is 0 Å². The van der Waals surface area contributed by atoms with Crippen LogP contribution in [-0.2, 0) is 14.1 Å². The third-order valence-electron chi connectivity index (χ3n) is 4.64. The maximum Gasteiger partial charge on any atom is 0.332 e. The molecule has 0 spiro atoms. The number of pyridine rings is 1. The Labute approximate surface area is 176 Å². The number of hydrogen-bond acceptors (Lipinski definition) is 5. The van der Waals surface area contributed by atoms with Gasteiger partial charge in [0, 0.05) is 23.9 Å². The van der Waals surface area contributed by atoms with Crippen molar-refractivity contribution >= 4 is 34.4 Å². The molecule has 0 bridgehead atoms. The summed E-state index contributed by atoms with van der Waals surface area (Å²) in [6, 6.07) is 20.3. The van der Waals surface area contributed by atoms with Gasteiger partial charge < -0.3 is 5.32 Å². The van der Waals surface area contributed by atoms with Gasteiger partial charge in [0.25, 0.3) is 11.5 Å². The first-order valence-electron chi connectivity index (χ1n) is 9.16. The Morgan fingerprint density at radius 3 is 2.37 bits per heavy atom. The molecule has 2 heterocycles. The first-order valence-corrected chi connectivity index (χ1v) is 9.97. The Hall–Kier alpha value is -3.65.